The van der Waals surface area contributed by atoms with Crippen molar-refractivity contribution in [1.29, 1.82) is 0 Å². The molecule has 0 bridgehead atoms. The van der Waals surface area contributed by atoms with Crippen LogP contribution >= 0.6 is 0 Å². The first-order valence-electron chi connectivity index (χ1n) is 8.16. The molecule has 21 heavy (non-hydrogen) atoms. The fourth-order valence-electron chi connectivity index (χ4n) is 3.52. The van der Waals surface area contributed by atoms with Crippen LogP contribution in [0.2, 0.25) is 0 Å². The summed E-state index contributed by atoms with van der Waals surface area (Å²) in [6.07, 6.45) is 4.06. The van der Waals surface area contributed by atoms with Gasteiger partial charge in [-0.2, -0.15) is 0 Å². The Labute approximate surface area is 127 Å². The van der Waals surface area contributed by atoms with Crippen LogP contribution in [0.4, 0.5) is 0 Å². The summed E-state index contributed by atoms with van der Waals surface area (Å²) in [7, 11) is 0. The van der Waals surface area contributed by atoms with Crippen molar-refractivity contribution in [2.45, 2.75) is 46.1 Å². The average molecular weight is 283 g/mol. The molecule has 2 nitrogen and oxygen atoms in total. The number of para-hydroxylation sites is 1. The molecule has 2 heteroatoms. The molecule has 1 aromatic carbocycles. The van der Waals surface area contributed by atoms with E-state index < -0.39 is 0 Å². The molecule has 1 fully saturated rings. The maximum atomic E-state index is 6.30. The van der Waals surface area contributed by atoms with Crippen LogP contribution < -0.4 is 4.74 Å². The molecule has 0 radical (unpaired) electrons. The number of aromatic nitrogens is 1. The molecule has 0 N–H and O–H groups in total. The van der Waals surface area contributed by atoms with Crippen molar-refractivity contribution in [3.63, 3.8) is 0 Å². The molecule has 0 aliphatic heterocycles. The Bertz CT molecular complexity index is 607. The molecular formula is C19H25NO. The highest BCUT2D eigenvalue weighted by Gasteiger charge is 2.32. The quantitative estimate of drug-likeness (QED) is 0.784. The number of fused-ring (bicyclic) bond motifs is 1. The molecule has 112 valence electrons. The lowest BCUT2D eigenvalue weighted by Crippen LogP contribution is -2.36. The highest BCUT2D eigenvalue weighted by atomic mass is 16.5. The van der Waals surface area contributed by atoms with Crippen LogP contribution in [0, 0.1) is 17.8 Å². The monoisotopic (exact) mass is 283 g/mol. The normalized spacial score (nSPS) is 26.2. The first-order valence-corrected chi connectivity index (χ1v) is 8.16. The van der Waals surface area contributed by atoms with E-state index in [0.717, 1.165) is 23.7 Å². The number of hydrogen-bond acceptors (Lipinski definition) is 2. The molecule has 1 aromatic heterocycles. The van der Waals surface area contributed by atoms with Crippen LogP contribution in [0.15, 0.2) is 36.4 Å². The summed E-state index contributed by atoms with van der Waals surface area (Å²) >= 11 is 0. The number of nitrogens with zero attached hydrogens (tertiary/aromatic N) is 1. The zero-order chi connectivity index (χ0) is 14.8. The average Bonchev–Trinajstić information content (AvgIpc) is 2.47. The van der Waals surface area contributed by atoms with Crippen LogP contribution in [0.3, 0.4) is 0 Å². The zero-order valence-electron chi connectivity index (χ0n) is 13.3. The maximum Gasteiger partial charge on any atom is 0.214 e. The van der Waals surface area contributed by atoms with E-state index in [1.807, 2.05) is 24.3 Å². The van der Waals surface area contributed by atoms with Gasteiger partial charge < -0.3 is 4.74 Å². The van der Waals surface area contributed by atoms with Gasteiger partial charge in [-0.25, -0.2) is 4.98 Å². The molecule has 1 heterocycles. The lowest BCUT2D eigenvalue weighted by molar-refractivity contribution is 0.0429. The number of ether oxygens (including phenoxy) is 1. The van der Waals surface area contributed by atoms with Gasteiger partial charge in [-0.1, -0.05) is 45.4 Å². The van der Waals surface area contributed by atoms with E-state index in [1.54, 1.807) is 0 Å². The smallest absolute Gasteiger partial charge is 0.214 e. The van der Waals surface area contributed by atoms with Gasteiger partial charge in [0.05, 0.1) is 5.52 Å². The van der Waals surface area contributed by atoms with Crippen LogP contribution in [0.1, 0.15) is 40.0 Å². The summed E-state index contributed by atoms with van der Waals surface area (Å²) in [6.45, 7) is 6.95. The highest BCUT2D eigenvalue weighted by molar-refractivity contribution is 5.78. The third-order valence-corrected chi connectivity index (χ3v) is 4.81. The van der Waals surface area contributed by atoms with E-state index in [1.165, 1.54) is 18.2 Å². The van der Waals surface area contributed by atoms with Crippen LogP contribution in [-0.2, 0) is 0 Å². The standard InChI is InChI=1S/C19H25NO/c1-13(2)16-10-8-14(3)12-18(16)21-19-11-9-15-6-4-5-7-17(15)20-19/h4-7,9,11,13-14,16,18H,8,10,12H2,1-3H3/t14-,16+,18?/m1/s1. The number of hydrogen-bond donors (Lipinski definition) is 0. The molecule has 0 spiro atoms. The summed E-state index contributed by atoms with van der Waals surface area (Å²) in [5.41, 5.74) is 1.01. The minimum absolute atomic E-state index is 0.308. The van der Waals surface area contributed by atoms with E-state index in [0.29, 0.717) is 17.9 Å². The van der Waals surface area contributed by atoms with Gasteiger partial charge in [-0.15, -0.1) is 0 Å². The number of rotatable bonds is 3. The first kappa shape index (κ1) is 14.4. The van der Waals surface area contributed by atoms with Gasteiger partial charge in [0, 0.05) is 11.5 Å². The molecule has 1 unspecified atom stereocenters. The van der Waals surface area contributed by atoms with Crippen LogP contribution in [-0.4, -0.2) is 11.1 Å². The summed E-state index contributed by atoms with van der Waals surface area (Å²) in [6, 6.07) is 12.3. The lowest BCUT2D eigenvalue weighted by atomic mass is 9.75. The highest BCUT2D eigenvalue weighted by Crippen LogP contribution is 2.35. The summed E-state index contributed by atoms with van der Waals surface area (Å²) in [5, 5.41) is 1.17. The van der Waals surface area contributed by atoms with Crippen molar-refractivity contribution >= 4 is 10.9 Å². The number of benzene rings is 1. The third kappa shape index (κ3) is 3.20. The second-order valence-electron chi connectivity index (χ2n) is 6.82. The minimum Gasteiger partial charge on any atom is -0.474 e. The van der Waals surface area contributed by atoms with Crippen molar-refractivity contribution in [3.05, 3.63) is 36.4 Å². The Morgan fingerprint density at radius 2 is 1.90 bits per heavy atom. The molecule has 1 saturated carbocycles. The van der Waals surface area contributed by atoms with Gasteiger partial charge in [0.1, 0.15) is 6.10 Å². The van der Waals surface area contributed by atoms with Crippen molar-refractivity contribution in [2.75, 3.05) is 0 Å². The Hall–Kier alpha value is -1.57. The Balaban J connectivity index is 1.81. The molecule has 1 aliphatic carbocycles. The van der Waals surface area contributed by atoms with Gasteiger partial charge in [0.25, 0.3) is 0 Å². The molecular weight excluding hydrogens is 258 g/mol. The van der Waals surface area contributed by atoms with Gasteiger partial charge in [-0.05, 0) is 42.7 Å². The number of pyridine rings is 1. The van der Waals surface area contributed by atoms with Crippen molar-refractivity contribution in [1.82, 2.24) is 4.98 Å². The zero-order valence-corrected chi connectivity index (χ0v) is 13.3. The van der Waals surface area contributed by atoms with E-state index in [9.17, 15) is 0 Å². The minimum atomic E-state index is 0.308. The van der Waals surface area contributed by atoms with E-state index in [4.69, 9.17) is 4.74 Å². The van der Waals surface area contributed by atoms with Gasteiger partial charge in [0.15, 0.2) is 0 Å². The molecule has 3 rings (SSSR count). The largest absolute Gasteiger partial charge is 0.474 e. The fraction of sp³-hybridized carbons (Fsp3) is 0.526. The SMILES string of the molecule is CC(C)[C@@H]1CC[C@@H](C)CC1Oc1ccc2ccccc2n1. The molecule has 0 saturated heterocycles. The summed E-state index contributed by atoms with van der Waals surface area (Å²) in [4.78, 5) is 4.67. The molecule has 1 aliphatic rings. The van der Waals surface area contributed by atoms with Gasteiger partial charge in [-0.3, -0.25) is 0 Å². The summed E-state index contributed by atoms with van der Waals surface area (Å²) in [5.74, 6) is 2.85. The van der Waals surface area contributed by atoms with Crippen molar-refractivity contribution < 1.29 is 4.74 Å². The second kappa shape index (κ2) is 6.05. The predicted octanol–water partition coefficient (Wildman–Crippen LogP) is 5.07. The van der Waals surface area contributed by atoms with Crippen molar-refractivity contribution in [3.8, 4) is 5.88 Å². The second-order valence-corrected chi connectivity index (χ2v) is 6.82. The Kier molecular flexibility index (Phi) is 4.14. The summed E-state index contributed by atoms with van der Waals surface area (Å²) < 4.78 is 6.30. The first-order chi connectivity index (χ1) is 10.1. The third-order valence-electron chi connectivity index (χ3n) is 4.81. The molecule has 2 aromatic rings. The Morgan fingerprint density at radius 1 is 1.10 bits per heavy atom. The van der Waals surface area contributed by atoms with E-state index >= 15 is 0 Å². The predicted molar refractivity (Wildman–Crippen MR) is 87.5 cm³/mol. The maximum absolute atomic E-state index is 6.30. The van der Waals surface area contributed by atoms with Gasteiger partial charge >= 0.3 is 0 Å². The Morgan fingerprint density at radius 3 is 2.71 bits per heavy atom. The van der Waals surface area contributed by atoms with Crippen LogP contribution in [0.5, 0.6) is 5.88 Å². The van der Waals surface area contributed by atoms with E-state index in [-0.39, 0.29) is 0 Å². The molecule has 3 atom stereocenters. The van der Waals surface area contributed by atoms with E-state index in [2.05, 4.69) is 37.9 Å². The van der Waals surface area contributed by atoms with Crippen LogP contribution in [0.25, 0.3) is 10.9 Å². The fourth-order valence-corrected chi connectivity index (χ4v) is 3.52. The molecule has 0 amide bonds. The van der Waals surface area contributed by atoms with Gasteiger partial charge in [0.2, 0.25) is 5.88 Å². The van der Waals surface area contributed by atoms with Crippen molar-refractivity contribution in [2.24, 2.45) is 17.8 Å². The topological polar surface area (TPSA) is 22.1 Å². The lowest BCUT2D eigenvalue weighted by Gasteiger charge is -2.37.